The fourth-order valence-electron chi connectivity index (χ4n) is 1.45. The summed E-state index contributed by atoms with van der Waals surface area (Å²) < 4.78 is 25.8. The molecule has 0 unspecified atom stereocenters. The zero-order chi connectivity index (χ0) is 14.6. The zero-order valence-electron chi connectivity index (χ0n) is 11.1. The molecule has 0 saturated carbocycles. The molecule has 0 saturated heterocycles. The smallest absolute Gasteiger partial charge is 0.244 e. The summed E-state index contributed by atoms with van der Waals surface area (Å²) in [5.74, 6) is 0. The molecule has 5 nitrogen and oxygen atoms in total. The molecule has 1 heterocycles. The summed E-state index contributed by atoms with van der Waals surface area (Å²) in [6.07, 6.45) is 1.96. The molecule has 0 spiro atoms. The number of halogens is 2. The molecule has 0 atom stereocenters. The highest BCUT2D eigenvalue weighted by Crippen LogP contribution is 2.23. The third kappa shape index (κ3) is 4.57. The fourth-order valence-corrected chi connectivity index (χ4v) is 2.97. The van der Waals surface area contributed by atoms with Crippen molar-refractivity contribution in [3.8, 4) is 0 Å². The number of rotatable bonds is 6. The van der Waals surface area contributed by atoms with Gasteiger partial charge in [-0.3, -0.25) is 0 Å². The number of hydrogen-bond donors (Lipinski definition) is 0. The molecule has 0 radical (unpaired) electrons. The first-order valence-corrected chi connectivity index (χ1v) is 7.87. The van der Waals surface area contributed by atoms with E-state index in [1.54, 1.807) is 0 Å². The minimum atomic E-state index is -3.57. The van der Waals surface area contributed by atoms with Crippen molar-refractivity contribution in [3.63, 3.8) is 0 Å². The van der Waals surface area contributed by atoms with Gasteiger partial charge in [-0.2, -0.15) is 0 Å². The standard InChI is InChI=1S/C11H17Cl2N3O2S/c1-15(2)5-4-6-16(3)19(17,18)9-7-10(12)11(13)14-8-9/h7-8H,4-6H2,1-3H3. The second-order valence-electron chi connectivity index (χ2n) is 4.43. The molecule has 0 amide bonds. The SMILES string of the molecule is CN(C)CCCN(C)S(=O)(=O)c1cnc(Cl)c(Cl)c1. The van der Waals surface area contributed by atoms with E-state index in [0.29, 0.717) is 6.54 Å². The van der Waals surface area contributed by atoms with E-state index >= 15 is 0 Å². The molecule has 8 heteroatoms. The highest BCUT2D eigenvalue weighted by Gasteiger charge is 2.21. The highest BCUT2D eigenvalue weighted by molar-refractivity contribution is 7.89. The predicted octanol–water partition coefficient (Wildman–Crippen LogP) is 1.96. The van der Waals surface area contributed by atoms with E-state index in [0.717, 1.165) is 13.0 Å². The van der Waals surface area contributed by atoms with Crippen LogP contribution in [0.2, 0.25) is 10.2 Å². The number of hydrogen-bond acceptors (Lipinski definition) is 4. The first-order chi connectivity index (χ1) is 8.75. The van der Waals surface area contributed by atoms with Gasteiger partial charge in [0, 0.05) is 19.8 Å². The largest absolute Gasteiger partial charge is 0.309 e. The van der Waals surface area contributed by atoms with Crippen molar-refractivity contribution in [1.29, 1.82) is 0 Å². The molecule has 0 aliphatic heterocycles. The molecule has 0 aliphatic carbocycles. The van der Waals surface area contributed by atoms with E-state index in [9.17, 15) is 8.42 Å². The van der Waals surface area contributed by atoms with Crippen molar-refractivity contribution < 1.29 is 8.42 Å². The first kappa shape index (κ1) is 16.7. The monoisotopic (exact) mass is 325 g/mol. The number of aromatic nitrogens is 1. The molecule has 0 aromatic carbocycles. The molecule has 0 fully saturated rings. The average molecular weight is 326 g/mol. The predicted molar refractivity (Wildman–Crippen MR) is 77.2 cm³/mol. The van der Waals surface area contributed by atoms with Crippen molar-refractivity contribution in [2.75, 3.05) is 34.2 Å². The van der Waals surface area contributed by atoms with E-state index < -0.39 is 10.0 Å². The topological polar surface area (TPSA) is 53.5 Å². The van der Waals surface area contributed by atoms with Crippen LogP contribution in [0.15, 0.2) is 17.2 Å². The lowest BCUT2D eigenvalue weighted by molar-refractivity contribution is 0.370. The molecule has 1 aromatic rings. The highest BCUT2D eigenvalue weighted by atomic mass is 35.5. The molecule has 19 heavy (non-hydrogen) atoms. The molecule has 0 N–H and O–H groups in total. The molecular formula is C11H17Cl2N3O2S. The number of pyridine rings is 1. The van der Waals surface area contributed by atoms with E-state index in [2.05, 4.69) is 4.98 Å². The van der Waals surface area contributed by atoms with Crippen LogP contribution < -0.4 is 0 Å². The minimum absolute atomic E-state index is 0.0502. The minimum Gasteiger partial charge on any atom is -0.309 e. The molecule has 1 aromatic heterocycles. The molecular weight excluding hydrogens is 309 g/mol. The van der Waals surface area contributed by atoms with Crippen molar-refractivity contribution >= 4 is 33.2 Å². The summed E-state index contributed by atoms with van der Waals surface area (Å²) in [5, 5.41) is 0.223. The summed E-state index contributed by atoms with van der Waals surface area (Å²) in [6.45, 7) is 1.25. The molecule has 1 rings (SSSR count). The lowest BCUT2D eigenvalue weighted by atomic mass is 10.4. The van der Waals surface area contributed by atoms with Crippen LogP contribution in [0, 0.1) is 0 Å². The van der Waals surface area contributed by atoms with Crippen LogP contribution in [-0.2, 0) is 10.0 Å². The van der Waals surface area contributed by atoms with E-state index in [1.807, 2.05) is 19.0 Å². The Morgan fingerprint density at radius 3 is 2.37 bits per heavy atom. The zero-order valence-corrected chi connectivity index (χ0v) is 13.4. The normalized spacial score (nSPS) is 12.4. The Bertz CT molecular complexity index is 535. The maximum Gasteiger partial charge on any atom is 0.244 e. The van der Waals surface area contributed by atoms with Gasteiger partial charge in [-0.05, 0) is 33.1 Å². The van der Waals surface area contributed by atoms with Crippen LogP contribution >= 0.6 is 23.2 Å². The Balaban J connectivity index is 2.81. The van der Waals surface area contributed by atoms with Gasteiger partial charge in [0.05, 0.1) is 5.02 Å². The maximum atomic E-state index is 12.2. The number of nitrogens with zero attached hydrogens (tertiary/aromatic N) is 3. The second-order valence-corrected chi connectivity index (χ2v) is 7.24. The Kier molecular flexibility index (Phi) is 6.01. The Labute approximate surface area is 124 Å². The lowest BCUT2D eigenvalue weighted by Gasteiger charge is -2.18. The van der Waals surface area contributed by atoms with Crippen molar-refractivity contribution in [2.45, 2.75) is 11.3 Å². The van der Waals surface area contributed by atoms with Crippen LogP contribution in [0.3, 0.4) is 0 Å². The maximum absolute atomic E-state index is 12.2. The molecule has 108 valence electrons. The van der Waals surface area contributed by atoms with Crippen LogP contribution in [-0.4, -0.2) is 56.8 Å². The van der Waals surface area contributed by atoms with Gasteiger partial charge in [0.1, 0.15) is 10.0 Å². The Morgan fingerprint density at radius 2 is 1.84 bits per heavy atom. The lowest BCUT2D eigenvalue weighted by Crippen LogP contribution is -2.30. The van der Waals surface area contributed by atoms with Gasteiger partial charge in [-0.25, -0.2) is 17.7 Å². The quantitative estimate of drug-likeness (QED) is 0.750. The summed E-state index contributed by atoms with van der Waals surface area (Å²) >= 11 is 11.5. The molecule has 0 aliphatic rings. The van der Waals surface area contributed by atoms with Gasteiger partial charge < -0.3 is 4.90 Å². The summed E-state index contributed by atoms with van der Waals surface area (Å²) in [5.41, 5.74) is 0. The summed E-state index contributed by atoms with van der Waals surface area (Å²) in [7, 11) is 1.85. The van der Waals surface area contributed by atoms with Gasteiger partial charge in [-0.15, -0.1) is 0 Å². The van der Waals surface area contributed by atoms with Crippen LogP contribution in [0.5, 0.6) is 0 Å². The van der Waals surface area contributed by atoms with E-state index in [1.165, 1.54) is 23.6 Å². The number of sulfonamides is 1. The fraction of sp³-hybridized carbons (Fsp3) is 0.545. The third-order valence-electron chi connectivity index (χ3n) is 2.56. The Hall–Kier alpha value is -0.400. The van der Waals surface area contributed by atoms with Gasteiger partial charge >= 0.3 is 0 Å². The first-order valence-electron chi connectivity index (χ1n) is 5.67. The summed E-state index contributed by atoms with van der Waals surface area (Å²) in [6, 6.07) is 1.31. The van der Waals surface area contributed by atoms with E-state index in [-0.39, 0.29) is 15.1 Å². The van der Waals surface area contributed by atoms with Crippen molar-refractivity contribution in [2.24, 2.45) is 0 Å². The second kappa shape index (κ2) is 6.85. The van der Waals surface area contributed by atoms with Gasteiger partial charge in [-0.1, -0.05) is 23.2 Å². The third-order valence-corrected chi connectivity index (χ3v) is 5.07. The van der Waals surface area contributed by atoms with Crippen molar-refractivity contribution in [1.82, 2.24) is 14.2 Å². The molecule has 0 bridgehead atoms. The van der Waals surface area contributed by atoms with E-state index in [4.69, 9.17) is 23.2 Å². The van der Waals surface area contributed by atoms with Gasteiger partial charge in [0.25, 0.3) is 0 Å². The van der Waals surface area contributed by atoms with Crippen LogP contribution in [0.4, 0.5) is 0 Å². The van der Waals surface area contributed by atoms with Crippen molar-refractivity contribution in [3.05, 3.63) is 22.4 Å². The van der Waals surface area contributed by atoms with Crippen LogP contribution in [0.25, 0.3) is 0 Å². The summed E-state index contributed by atoms with van der Waals surface area (Å²) in [4.78, 5) is 5.81. The van der Waals surface area contributed by atoms with Gasteiger partial charge in [0.15, 0.2) is 0 Å². The van der Waals surface area contributed by atoms with Gasteiger partial charge in [0.2, 0.25) is 10.0 Å². The average Bonchev–Trinajstić information content (AvgIpc) is 2.31. The Morgan fingerprint density at radius 1 is 1.21 bits per heavy atom. The van der Waals surface area contributed by atoms with Crippen LogP contribution in [0.1, 0.15) is 6.42 Å².